The van der Waals surface area contributed by atoms with Gasteiger partial charge in [0.25, 0.3) is 0 Å². The predicted molar refractivity (Wildman–Crippen MR) is 79.1 cm³/mol. The van der Waals surface area contributed by atoms with Gasteiger partial charge in [0.1, 0.15) is 0 Å². The molecule has 1 aromatic carbocycles. The van der Waals surface area contributed by atoms with Crippen molar-refractivity contribution < 1.29 is 14.7 Å². The molecule has 0 aliphatic carbocycles. The molecule has 1 fully saturated rings. The first-order valence-corrected chi connectivity index (χ1v) is 7.12. The molecular weight excluding hydrogens is 268 g/mol. The molecule has 1 amide bonds. The number of carbonyl (C=O) groups excluding carboxylic acids is 1. The Morgan fingerprint density at radius 2 is 2.29 bits per heavy atom. The maximum absolute atomic E-state index is 11.8. The lowest BCUT2D eigenvalue weighted by Crippen LogP contribution is -2.28. The molecule has 5 nitrogen and oxygen atoms in total. The lowest BCUT2D eigenvalue weighted by molar-refractivity contribution is -0.141. The summed E-state index contributed by atoms with van der Waals surface area (Å²) in [7, 11) is 0. The van der Waals surface area contributed by atoms with Crippen LogP contribution in [0.15, 0.2) is 24.4 Å². The number of carbonyl (C=O) groups is 2. The van der Waals surface area contributed by atoms with Crippen molar-refractivity contribution in [3.8, 4) is 0 Å². The summed E-state index contributed by atoms with van der Waals surface area (Å²) in [5, 5.41) is 10.2. The number of carboxylic acid groups (broad SMARTS) is 1. The maximum Gasteiger partial charge on any atom is 0.308 e. The number of nitrogens with one attached hydrogen (secondary N) is 1. The number of nitrogens with zero attached hydrogens (tertiary/aromatic N) is 1. The molecule has 2 heterocycles. The van der Waals surface area contributed by atoms with Crippen molar-refractivity contribution in [2.24, 2.45) is 5.92 Å². The fourth-order valence-electron chi connectivity index (χ4n) is 2.91. The van der Waals surface area contributed by atoms with Gasteiger partial charge in [-0.2, -0.15) is 0 Å². The van der Waals surface area contributed by atoms with E-state index in [9.17, 15) is 9.59 Å². The molecule has 1 saturated heterocycles. The van der Waals surface area contributed by atoms with Gasteiger partial charge in [0.05, 0.1) is 5.92 Å². The van der Waals surface area contributed by atoms with Gasteiger partial charge in [0.15, 0.2) is 0 Å². The van der Waals surface area contributed by atoms with Gasteiger partial charge in [-0.1, -0.05) is 11.6 Å². The molecule has 1 aliphatic heterocycles. The van der Waals surface area contributed by atoms with Crippen molar-refractivity contribution in [1.82, 2.24) is 9.88 Å². The monoisotopic (exact) mass is 286 g/mol. The van der Waals surface area contributed by atoms with Crippen molar-refractivity contribution in [2.75, 3.05) is 13.1 Å². The summed E-state index contributed by atoms with van der Waals surface area (Å²) in [4.78, 5) is 27.7. The van der Waals surface area contributed by atoms with Crippen molar-refractivity contribution >= 4 is 22.8 Å². The highest BCUT2D eigenvalue weighted by Crippen LogP contribution is 2.22. The van der Waals surface area contributed by atoms with Gasteiger partial charge in [-0.15, -0.1) is 0 Å². The van der Waals surface area contributed by atoms with Crippen LogP contribution >= 0.6 is 0 Å². The molecule has 21 heavy (non-hydrogen) atoms. The number of amides is 1. The largest absolute Gasteiger partial charge is 0.481 e. The van der Waals surface area contributed by atoms with Crippen LogP contribution in [-0.4, -0.2) is 40.0 Å². The molecule has 1 aromatic heterocycles. The van der Waals surface area contributed by atoms with Crippen molar-refractivity contribution in [1.29, 1.82) is 0 Å². The topological polar surface area (TPSA) is 73.4 Å². The fourth-order valence-corrected chi connectivity index (χ4v) is 2.91. The summed E-state index contributed by atoms with van der Waals surface area (Å²) in [6.07, 6.45) is 2.84. The first-order valence-electron chi connectivity index (χ1n) is 7.12. The number of rotatable bonds is 4. The number of fused-ring (bicyclic) bond motifs is 1. The number of likely N-dealkylation sites (tertiary alicyclic amines) is 1. The Labute approximate surface area is 122 Å². The van der Waals surface area contributed by atoms with Crippen molar-refractivity contribution in [3.63, 3.8) is 0 Å². The van der Waals surface area contributed by atoms with Gasteiger partial charge in [-0.05, 0) is 31.0 Å². The minimum absolute atomic E-state index is 0.0570. The summed E-state index contributed by atoms with van der Waals surface area (Å²) >= 11 is 0. The Balaban J connectivity index is 1.71. The van der Waals surface area contributed by atoms with Gasteiger partial charge in [0, 0.05) is 36.6 Å². The van der Waals surface area contributed by atoms with Crippen LogP contribution in [0.5, 0.6) is 0 Å². The van der Waals surface area contributed by atoms with Gasteiger partial charge in [0.2, 0.25) is 5.91 Å². The molecule has 2 N–H and O–H groups in total. The van der Waals surface area contributed by atoms with E-state index in [1.54, 1.807) is 4.90 Å². The van der Waals surface area contributed by atoms with Crippen molar-refractivity contribution in [2.45, 2.75) is 19.8 Å². The summed E-state index contributed by atoms with van der Waals surface area (Å²) in [6, 6.07) is 6.24. The number of aromatic nitrogens is 1. The van der Waals surface area contributed by atoms with E-state index < -0.39 is 11.9 Å². The second-order valence-corrected chi connectivity index (χ2v) is 5.69. The van der Waals surface area contributed by atoms with E-state index in [1.165, 1.54) is 16.5 Å². The zero-order chi connectivity index (χ0) is 15.0. The lowest BCUT2D eigenvalue weighted by atomic mass is 10.1. The highest BCUT2D eigenvalue weighted by molar-refractivity contribution is 5.86. The molecule has 0 radical (unpaired) electrons. The number of hydrogen-bond donors (Lipinski definition) is 2. The Bertz CT molecular complexity index is 705. The maximum atomic E-state index is 11.8. The Hall–Kier alpha value is -2.30. The van der Waals surface area contributed by atoms with Gasteiger partial charge in [-0.25, -0.2) is 0 Å². The Morgan fingerprint density at radius 1 is 1.48 bits per heavy atom. The van der Waals surface area contributed by atoms with Crippen LogP contribution < -0.4 is 0 Å². The van der Waals surface area contributed by atoms with E-state index in [0.717, 1.165) is 11.9 Å². The standard InChI is InChI=1S/C16H18N2O3/c1-10-2-3-14-13(6-10)11(8-17-14)4-5-18-9-12(16(20)21)7-15(18)19/h2-3,6,8,12,17H,4-5,7,9H2,1H3,(H,20,21). The average molecular weight is 286 g/mol. The normalized spacial score (nSPS) is 18.6. The highest BCUT2D eigenvalue weighted by Gasteiger charge is 2.33. The molecule has 0 bridgehead atoms. The van der Waals surface area contributed by atoms with E-state index in [0.29, 0.717) is 13.1 Å². The highest BCUT2D eigenvalue weighted by atomic mass is 16.4. The minimum atomic E-state index is -0.881. The molecule has 0 saturated carbocycles. The van der Waals surface area contributed by atoms with E-state index >= 15 is 0 Å². The summed E-state index contributed by atoms with van der Waals surface area (Å²) < 4.78 is 0. The summed E-state index contributed by atoms with van der Waals surface area (Å²) in [6.45, 7) is 2.96. The number of aliphatic carboxylic acids is 1. The van der Waals surface area contributed by atoms with Crippen LogP contribution in [0.25, 0.3) is 10.9 Å². The number of carboxylic acids is 1. The third-order valence-electron chi connectivity index (χ3n) is 4.14. The van der Waals surface area contributed by atoms with E-state index in [-0.39, 0.29) is 12.3 Å². The molecule has 3 rings (SSSR count). The first kappa shape index (κ1) is 13.7. The average Bonchev–Trinajstić information content (AvgIpc) is 3.00. The minimum Gasteiger partial charge on any atom is -0.481 e. The number of benzene rings is 1. The lowest BCUT2D eigenvalue weighted by Gasteiger charge is -2.15. The van der Waals surface area contributed by atoms with Crippen LogP contribution in [0.3, 0.4) is 0 Å². The number of H-pyrrole nitrogens is 1. The number of hydrogen-bond acceptors (Lipinski definition) is 2. The molecular formula is C16H18N2O3. The molecule has 110 valence electrons. The van der Waals surface area contributed by atoms with Crippen LogP contribution in [0, 0.1) is 12.8 Å². The smallest absolute Gasteiger partial charge is 0.308 e. The van der Waals surface area contributed by atoms with Crippen LogP contribution in [0.2, 0.25) is 0 Å². The second kappa shape index (κ2) is 5.24. The number of aromatic amines is 1. The fraction of sp³-hybridized carbons (Fsp3) is 0.375. The predicted octanol–water partition coefficient (Wildman–Crippen LogP) is 1.95. The quantitative estimate of drug-likeness (QED) is 0.902. The molecule has 0 spiro atoms. The third kappa shape index (κ3) is 2.63. The zero-order valence-corrected chi connectivity index (χ0v) is 11.9. The number of aryl methyl sites for hydroxylation is 1. The molecule has 1 aliphatic rings. The Kier molecular flexibility index (Phi) is 3.41. The van der Waals surface area contributed by atoms with E-state index in [4.69, 9.17) is 5.11 Å². The molecule has 2 aromatic rings. The third-order valence-corrected chi connectivity index (χ3v) is 4.14. The SMILES string of the molecule is Cc1ccc2[nH]cc(CCN3CC(C(=O)O)CC3=O)c2c1. The van der Waals surface area contributed by atoms with Crippen LogP contribution in [0.1, 0.15) is 17.5 Å². The van der Waals surface area contributed by atoms with Gasteiger partial charge < -0.3 is 15.0 Å². The van der Waals surface area contributed by atoms with Crippen LogP contribution in [-0.2, 0) is 16.0 Å². The van der Waals surface area contributed by atoms with E-state index in [1.807, 2.05) is 6.20 Å². The van der Waals surface area contributed by atoms with Crippen LogP contribution in [0.4, 0.5) is 0 Å². The van der Waals surface area contributed by atoms with E-state index in [2.05, 4.69) is 30.1 Å². The molecule has 1 unspecified atom stereocenters. The van der Waals surface area contributed by atoms with Gasteiger partial charge in [-0.3, -0.25) is 9.59 Å². The van der Waals surface area contributed by atoms with Gasteiger partial charge >= 0.3 is 5.97 Å². The Morgan fingerprint density at radius 3 is 3.00 bits per heavy atom. The summed E-state index contributed by atoms with van der Waals surface area (Å²) in [5.74, 6) is -1.49. The second-order valence-electron chi connectivity index (χ2n) is 5.69. The zero-order valence-electron chi connectivity index (χ0n) is 11.9. The molecule has 1 atom stereocenters. The molecule has 5 heteroatoms. The van der Waals surface area contributed by atoms with Crippen molar-refractivity contribution in [3.05, 3.63) is 35.5 Å². The first-order chi connectivity index (χ1) is 10.0. The summed E-state index contributed by atoms with van der Waals surface area (Å²) in [5.41, 5.74) is 3.46.